The predicted octanol–water partition coefficient (Wildman–Crippen LogP) is 4.48. The van der Waals surface area contributed by atoms with Gasteiger partial charge in [-0.1, -0.05) is 35.3 Å². The van der Waals surface area contributed by atoms with Crippen molar-refractivity contribution < 1.29 is 0 Å². The summed E-state index contributed by atoms with van der Waals surface area (Å²) in [4.78, 5) is 0. The summed E-state index contributed by atoms with van der Waals surface area (Å²) in [6.45, 7) is 0.588. The van der Waals surface area contributed by atoms with Gasteiger partial charge >= 0.3 is 0 Å². The van der Waals surface area contributed by atoms with E-state index in [1.54, 1.807) is 12.1 Å². The number of rotatable bonds is 3. The molecule has 2 aromatic carbocycles. The molecule has 0 radical (unpaired) electrons. The van der Waals surface area contributed by atoms with Crippen LogP contribution in [0.2, 0.25) is 10.0 Å². The Morgan fingerprint density at radius 3 is 2.61 bits per heavy atom. The van der Waals surface area contributed by atoms with Crippen LogP contribution in [0.15, 0.2) is 42.5 Å². The van der Waals surface area contributed by atoms with Crippen LogP contribution in [0, 0.1) is 11.3 Å². The summed E-state index contributed by atoms with van der Waals surface area (Å²) in [6, 6.07) is 14.8. The molecule has 0 aliphatic heterocycles. The Bertz CT molecular complexity index is 603. The van der Waals surface area contributed by atoms with E-state index < -0.39 is 0 Å². The molecule has 0 saturated carbocycles. The molecular formula is C14H10Cl2N2. The van der Waals surface area contributed by atoms with E-state index in [1.165, 1.54) is 0 Å². The number of benzene rings is 2. The number of hydrogen-bond donors (Lipinski definition) is 1. The normalized spacial score (nSPS) is 9.83. The smallest absolute Gasteiger partial charge is 0.0992 e. The van der Waals surface area contributed by atoms with Gasteiger partial charge in [0, 0.05) is 22.3 Å². The van der Waals surface area contributed by atoms with Gasteiger partial charge in [0.05, 0.1) is 11.6 Å². The molecule has 18 heavy (non-hydrogen) atoms. The van der Waals surface area contributed by atoms with Gasteiger partial charge in [0.2, 0.25) is 0 Å². The lowest BCUT2D eigenvalue weighted by molar-refractivity contribution is 1.15. The maximum Gasteiger partial charge on any atom is 0.0992 e. The fraction of sp³-hybridized carbons (Fsp3) is 0.0714. The SMILES string of the molecule is N#Cc1ccc(CNc2cccc(Cl)c2)c(Cl)c1. The minimum Gasteiger partial charge on any atom is -0.381 e. The molecule has 0 unspecified atom stereocenters. The summed E-state index contributed by atoms with van der Waals surface area (Å²) in [5, 5.41) is 13.3. The second-order valence-corrected chi connectivity index (χ2v) is 4.63. The largest absolute Gasteiger partial charge is 0.381 e. The van der Waals surface area contributed by atoms with Crippen molar-refractivity contribution in [3.8, 4) is 6.07 Å². The van der Waals surface area contributed by atoms with E-state index in [-0.39, 0.29) is 0 Å². The minimum atomic E-state index is 0.562. The molecule has 0 saturated heterocycles. The molecule has 2 rings (SSSR count). The number of hydrogen-bond acceptors (Lipinski definition) is 2. The van der Waals surface area contributed by atoms with Crippen molar-refractivity contribution in [2.45, 2.75) is 6.54 Å². The second-order valence-electron chi connectivity index (χ2n) is 3.78. The lowest BCUT2D eigenvalue weighted by atomic mass is 10.1. The first kappa shape index (κ1) is 12.8. The monoisotopic (exact) mass is 276 g/mol. The van der Waals surface area contributed by atoms with Gasteiger partial charge in [-0.25, -0.2) is 0 Å². The average molecular weight is 277 g/mol. The Morgan fingerprint density at radius 1 is 1.11 bits per heavy atom. The fourth-order valence-corrected chi connectivity index (χ4v) is 1.99. The molecule has 90 valence electrons. The van der Waals surface area contributed by atoms with Gasteiger partial charge < -0.3 is 5.32 Å². The van der Waals surface area contributed by atoms with Gasteiger partial charge in [0.15, 0.2) is 0 Å². The quantitative estimate of drug-likeness (QED) is 0.898. The number of anilines is 1. The van der Waals surface area contributed by atoms with Crippen LogP contribution in [0.1, 0.15) is 11.1 Å². The molecule has 0 spiro atoms. The van der Waals surface area contributed by atoms with E-state index in [9.17, 15) is 0 Å². The molecule has 1 N–H and O–H groups in total. The minimum absolute atomic E-state index is 0.562. The molecular weight excluding hydrogens is 267 g/mol. The van der Waals surface area contributed by atoms with E-state index >= 15 is 0 Å². The van der Waals surface area contributed by atoms with Crippen molar-refractivity contribution >= 4 is 28.9 Å². The first-order valence-electron chi connectivity index (χ1n) is 5.37. The summed E-state index contributed by atoms with van der Waals surface area (Å²) in [6.07, 6.45) is 0. The highest BCUT2D eigenvalue weighted by molar-refractivity contribution is 6.31. The Labute approximate surface area is 116 Å². The van der Waals surface area contributed by atoms with E-state index in [0.717, 1.165) is 11.3 Å². The van der Waals surface area contributed by atoms with Gasteiger partial charge in [-0.05, 0) is 35.9 Å². The Kier molecular flexibility index (Phi) is 4.09. The Morgan fingerprint density at radius 2 is 1.94 bits per heavy atom. The van der Waals surface area contributed by atoms with Crippen LogP contribution in [-0.4, -0.2) is 0 Å². The average Bonchev–Trinajstić information content (AvgIpc) is 2.37. The topological polar surface area (TPSA) is 35.8 Å². The van der Waals surface area contributed by atoms with Gasteiger partial charge in [-0.2, -0.15) is 5.26 Å². The van der Waals surface area contributed by atoms with Gasteiger partial charge in [0.25, 0.3) is 0 Å². The third kappa shape index (κ3) is 3.16. The van der Waals surface area contributed by atoms with E-state index in [0.29, 0.717) is 22.2 Å². The number of halogens is 2. The van der Waals surface area contributed by atoms with Crippen LogP contribution in [-0.2, 0) is 6.54 Å². The van der Waals surface area contributed by atoms with Gasteiger partial charge in [-0.3, -0.25) is 0 Å². The summed E-state index contributed by atoms with van der Waals surface area (Å²) < 4.78 is 0. The lowest BCUT2D eigenvalue weighted by Crippen LogP contribution is -2.00. The number of nitriles is 1. The van der Waals surface area contributed by atoms with Crippen molar-refractivity contribution in [3.05, 3.63) is 63.6 Å². The van der Waals surface area contributed by atoms with E-state index in [2.05, 4.69) is 11.4 Å². The van der Waals surface area contributed by atoms with Crippen LogP contribution in [0.5, 0.6) is 0 Å². The Hall–Kier alpha value is -1.69. The molecule has 2 nitrogen and oxygen atoms in total. The third-order valence-electron chi connectivity index (χ3n) is 2.49. The number of nitrogens with one attached hydrogen (secondary N) is 1. The van der Waals surface area contributed by atoms with Crippen LogP contribution >= 0.6 is 23.2 Å². The van der Waals surface area contributed by atoms with Crippen molar-refractivity contribution in [2.75, 3.05) is 5.32 Å². The molecule has 2 aromatic rings. The Balaban J connectivity index is 2.09. The first-order chi connectivity index (χ1) is 8.69. The summed E-state index contributed by atoms with van der Waals surface area (Å²) >= 11 is 12.0. The highest BCUT2D eigenvalue weighted by Crippen LogP contribution is 2.20. The van der Waals surface area contributed by atoms with Gasteiger partial charge in [0.1, 0.15) is 0 Å². The lowest BCUT2D eigenvalue weighted by Gasteiger charge is -2.08. The molecule has 0 fully saturated rings. The maximum absolute atomic E-state index is 8.75. The maximum atomic E-state index is 8.75. The van der Waals surface area contributed by atoms with Crippen LogP contribution in [0.25, 0.3) is 0 Å². The molecule has 0 heterocycles. The highest BCUT2D eigenvalue weighted by Gasteiger charge is 2.02. The summed E-state index contributed by atoms with van der Waals surface area (Å²) in [5.41, 5.74) is 2.44. The zero-order chi connectivity index (χ0) is 13.0. The van der Waals surface area contributed by atoms with Crippen molar-refractivity contribution in [1.82, 2.24) is 0 Å². The first-order valence-corrected chi connectivity index (χ1v) is 6.12. The zero-order valence-corrected chi connectivity index (χ0v) is 11.0. The second kappa shape index (κ2) is 5.77. The van der Waals surface area contributed by atoms with Gasteiger partial charge in [-0.15, -0.1) is 0 Å². The van der Waals surface area contributed by atoms with E-state index in [1.807, 2.05) is 30.3 Å². The molecule has 0 bridgehead atoms. The zero-order valence-electron chi connectivity index (χ0n) is 9.45. The van der Waals surface area contributed by atoms with Crippen LogP contribution in [0.4, 0.5) is 5.69 Å². The number of nitrogens with zero attached hydrogens (tertiary/aromatic N) is 1. The third-order valence-corrected chi connectivity index (χ3v) is 3.08. The molecule has 0 aliphatic rings. The predicted molar refractivity (Wildman–Crippen MR) is 74.9 cm³/mol. The summed E-state index contributed by atoms with van der Waals surface area (Å²) in [5.74, 6) is 0. The van der Waals surface area contributed by atoms with Crippen LogP contribution < -0.4 is 5.32 Å². The van der Waals surface area contributed by atoms with Crippen molar-refractivity contribution in [2.24, 2.45) is 0 Å². The summed E-state index contributed by atoms with van der Waals surface area (Å²) in [7, 11) is 0. The standard InChI is InChI=1S/C14H10Cl2N2/c15-12-2-1-3-13(7-12)18-9-11-5-4-10(8-17)6-14(11)16/h1-7,18H,9H2. The molecule has 0 atom stereocenters. The van der Waals surface area contributed by atoms with Crippen LogP contribution in [0.3, 0.4) is 0 Å². The molecule has 0 amide bonds. The molecule has 0 aliphatic carbocycles. The van der Waals surface area contributed by atoms with Crippen molar-refractivity contribution in [3.63, 3.8) is 0 Å². The molecule has 0 aromatic heterocycles. The fourth-order valence-electron chi connectivity index (χ4n) is 1.56. The van der Waals surface area contributed by atoms with Crippen molar-refractivity contribution in [1.29, 1.82) is 5.26 Å². The molecule has 4 heteroatoms. The van der Waals surface area contributed by atoms with E-state index in [4.69, 9.17) is 28.5 Å². The highest BCUT2D eigenvalue weighted by atomic mass is 35.5.